The third-order valence-corrected chi connectivity index (χ3v) is 2.83. The average molecular weight is 254 g/mol. The Balaban J connectivity index is 3.11. The average Bonchev–Trinajstić information content (AvgIpc) is 2.25. The SMILES string of the molecule is CCOC(=O)C1=C(C)N(C)C(=O)NC1CC(C)=O. The molecule has 1 N–H and O–H groups in total. The largest absolute Gasteiger partial charge is 0.463 e. The summed E-state index contributed by atoms with van der Waals surface area (Å²) < 4.78 is 4.96. The van der Waals surface area contributed by atoms with Crippen LogP contribution in [0.25, 0.3) is 0 Å². The van der Waals surface area contributed by atoms with Gasteiger partial charge >= 0.3 is 12.0 Å². The molecule has 1 aliphatic heterocycles. The van der Waals surface area contributed by atoms with Crippen LogP contribution in [-0.4, -0.2) is 42.4 Å². The number of rotatable bonds is 4. The van der Waals surface area contributed by atoms with Crippen LogP contribution < -0.4 is 5.32 Å². The maximum Gasteiger partial charge on any atom is 0.337 e. The van der Waals surface area contributed by atoms with Gasteiger partial charge in [0.05, 0.1) is 18.2 Å². The first-order chi connectivity index (χ1) is 8.38. The topological polar surface area (TPSA) is 75.7 Å². The number of hydrogen-bond donors (Lipinski definition) is 1. The van der Waals surface area contributed by atoms with Crippen molar-refractivity contribution < 1.29 is 19.1 Å². The Bertz CT molecular complexity index is 414. The van der Waals surface area contributed by atoms with Crippen LogP contribution in [0.3, 0.4) is 0 Å². The van der Waals surface area contributed by atoms with Crippen molar-refractivity contribution in [3.63, 3.8) is 0 Å². The summed E-state index contributed by atoms with van der Waals surface area (Å²) in [5.74, 6) is -0.590. The molecule has 100 valence electrons. The van der Waals surface area contributed by atoms with Crippen LogP contribution in [0, 0.1) is 0 Å². The normalized spacial score (nSPS) is 19.7. The van der Waals surface area contributed by atoms with Gasteiger partial charge in [0.2, 0.25) is 0 Å². The predicted molar refractivity (Wildman–Crippen MR) is 64.7 cm³/mol. The number of Topliss-reactive ketones (excluding diaryl/α,β-unsaturated/α-hetero) is 1. The molecular formula is C12H18N2O4. The highest BCUT2D eigenvalue weighted by Gasteiger charge is 2.34. The Labute approximate surface area is 106 Å². The maximum absolute atomic E-state index is 11.9. The molecule has 0 spiro atoms. The van der Waals surface area contributed by atoms with Gasteiger partial charge in [-0.25, -0.2) is 9.59 Å². The molecule has 0 aliphatic carbocycles. The summed E-state index contributed by atoms with van der Waals surface area (Å²) in [5, 5.41) is 2.62. The fraction of sp³-hybridized carbons (Fsp3) is 0.583. The molecule has 0 fully saturated rings. The minimum absolute atomic E-state index is 0.0884. The first-order valence-corrected chi connectivity index (χ1v) is 5.80. The summed E-state index contributed by atoms with van der Waals surface area (Å²) in [6.07, 6.45) is 0.0884. The summed E-state index contributed by atoms with van der Waals surface area (Å²) in [6.45, 7) is 5.04. The van der Waals surface area contributed by atoms with Crippen molar-refractivity contribution in [1.29, 1.82) is 0 Å². The molecule has 2 amide bonds. The highest BCUT2D eigenvalue weighted by molar-refractivity contribution is 5.96. The molecule has 1 rings (SSSR count). The van der Waals surface area contributed by atoms with Crippen molar-refractivity contribution >= 4 is 17.8 Å². The molecule has 6 heteroatoms. The third-order valence-electron chi connectivity index (χ3n) is 2.83. The van der Waals surface area contributed by atoms with Crippen LogP contribution >= 0.6 is 0 Å². The van der Waals surface area contributed by atoms with E-state index in [1.165, 1.54) is 11.8 Å². The molecule has 0 aromatic heterocycles. The molecule has 6 nitrogen and oxygen atoms in total. The monoisotopic (exact) mass is 254 g/mol. The van der Waals surface area contributed by atoms with E-state index in [2.05, 4.69) is 5.32 Å². The Kier molecular flexibility index (Phi) is 4.47. The van der Waals surface area contributed by atoms with E-state index in [0.717, 1.165) is 0 Å². The molecule has 0 radical (unpaired) electrons. The molecule has 1 aliphatic rings. The van der Waals surface area contributed by atoms with E-state index >= 15 is 0 Å². The second kappa shape index (κ2) is 5.66. The molecule has 18 heavy (non-hydrogen) atoms. The van der Waals surface area contributed by atoms with Crippen LogP contribution in [-0.2, 0) is 14.3 Å². The van der Waals surface area contributed by atoms with Crippen LogP contribution in [0.4, 0.5) is 4.79 Å². The Morgan fingerprint density at radius 2 is 2.06 bits per heavy atom. The second-order valence-electron chi connectivity index (χ2n) is 4.19. The number of allylic oxidation sites excluding steroid dienone is 1. The van der Waals surface area contributed by atoms with Crippen molar-refractivity contribution in [3.8, 4) is 0 Å². The fourth-order valence-corrected chi connectivity index (χ4v) is 1.84. The van der Waals surface area contributed by atoms with Gasteiger partial charge in [-0.1, -0.05) is 0 Å². The number of carbonyl (C=O) groups excluding carboxylic acids is 3. The Morgan fingerprint density at radius 1 is 1.44 bits per heavy atom. The molecule has 1 atom stereocenters. The van der Waals surface area contributed by atoms with E-state index in [1.807, 2.05) is 0 Å². The number of esters is 1. The lowest BCUT2D eigenvalue weighted by atomic mass is 9.98. The summed E-state index contributed by atoms with van der Waals surface area (Å²) in [7, 11) is 1.56. The molecule has 0 saturated heterocycles. The highest BCUT2D eigenvalue weighted by Crippen LogP contribution is 2.21. The van der Waals surface area contributed by atoms with E-state index in [9.17, 15) is 14.4 Å². The van der Waals surface area contributed by atoms with Gasteiger partial charge in [-0.05, 0) is 20.8 Å². The van der Waals surface area contributed by atoms with E-state index in [0.29, 0.717) is 11.3 Å². The van der Waals surface area contributed by atoms with Crippen molar-refractivity contribution in [2.24, 2.45) is 0 Å². The van der Waals surface area contributed by atoms with Gasteiger partial charge in [-0.15, -0.1) is 0 Å². The number of amides is 2. The fourth-order valence-electron chi connectivity index (χ4n) is 1.84. The van der Waals surface area contributed by atoms with E-state index < -0.39 is 12.0 Å². The number of urea groups is 1. The minimum atomic E-state index is -0.606. The van der Waals surface area contributed by atoms with Gasteiger partial charge in [-0.2, -0.15) is 0 Å². The number of hydrogen-bond acceptors (Lipinski definition) is 4. The van der Waals surface area contributed by atoms with Gasteiger partial charge in [0.25, 0.3) is 0 Å². The van der Waals surface area contributed by atoms with E-state index in [1.54, 1.807) is 20.9 Å². The van der Waals surface area contributed by atoms with Crippen LogP contribution in [0.2, 0.25) is 0 Å². The zero-order valence-corrected chi connectivity index (χ0v) is 11.1. The standard InChI is InChI=1S/C12H18N2O4/c1-5-18-11(16)10-8(3)14(4)12(17)13-9(10)6-7(2)15/h9H,5-6H2,1-4H3,(H,13,17). The summed E-state index contributed by atoms with van der Waals surface area (Å²) in [6, 6.07) is -0.933. The van der Waals surface area contributed by atoms with E-state index in [4.69, 9.17) is 4.74 Å². The van der Waals surface area contributed by atoms with Gasteiger partial charge in [-0.3, -0.25) is 4.79 Å². The van der Waals surface area contributed by atoms with Gasteiger partial charge in [0, 0.05) is 19.2 Å². The first-order valence-electron chi connectivity index (χ1n) is 5.80. The number of nitrogens with zero attached hydrogens (tertiary/aromatic N) is 1. The first kappa shape index (κ1) is 14.2. The number of carbonyl (C=O) groups is 3. The van der Waals surface area contributed by atoms with Crippen molar-refractivity contribution in [3.05, 3.63) is 11.3 Å². The quantitative estimate of drug-likeness (QED) is 0.754. The number of nitrogens with one attached hydrogen (secondary N) is 1. The number of ketones is 1. The third kappa shape index (κ3) is 2.88. The Morgan fingerprint density at radius 3 is 2.56 bits per heavy atom. The predicted octanol–water partition coefficient (Wildman–Crippen LogP) is 0.826. The lowest BCUT2D eigenvalue weighted by Crippen LogP contribution is -2.51. The molecule has 0 saturated carbocycles. The van der Waals surface area contributed by atoms with Crippen LogP contribution in [0.5, 0.6) is 0 Å². The van der Waals surface area contributed by atoms with Gasteiger partial charge in [0.15, 0.2) is 0 Å². The summed E-state index contributed by atoms with van der Waals surface area (Å²) in [5.41, 5.74) is 0.859. The minimum Gasteiger partial charge on any atom is -0.463 e. The molecule has 0 aromatic carbocycles. The lowest BCUT2D eigenvalue weighted by molar-refractivity contribution is -0.139. The summed E-state index contributed by atoms with van der Waals surface area (Å²) in [4.78, 5) is 36.1. The van der Waals surface area contributed by atoms with Crippen LogP contribution in [0.1, 0.15) is 27.2 Å². The smallest absolute Gasteiger partial charge is 0.337 e. The molecule has 1 heterocycles. The zero-order chi connectivity index (χ0) is 13.9. The van der Waals surface area contributed by atoms with Gasteiger partial charge < -0.3 is 15.0 Å². The number of ether oxygens (including phenoxy) is 1. The summed E-state index contributed by atoms with van der Waals surface area (Å²) >= 11 is 0. The highest BCUT2D eigenvalue weighted by atomic mass is 16.5. The molecule has 0 aromatic rings. The molecular weight excluding hydrogens is 236 g/mol. The molecule has 1 unspecified atom stereocenters. The van der Waals surface area contributed by atoms with Crippen molar-refractivity contribution in [1.82, 2.24) is 10.2 Å². The maximum atomic E-state index is 11.9. The molecule has 0 bridgehead atoms. The Hall–Kier alpha value is -1.85. The zero-order valence-electron chi connectivity index (χ0n) is 11.1. The van der Waals surface area contributed by atoms with Crippen molar-refractivity contribution in [2.45, 2.75) is 33.2 Å². The van der Waals surface area contributed by atoms with Crippen molar-refractivity contribution in [2.75, 3.05) is 13.7 Å². The van der Waals surface area contributed by atoms with Gasteiger partial charge in [0.1, 0.15) is 5.78 Å². The van der Waals surface area contributed by atoms with E-state index in [-0.39, 0.29) is 24.8 Å². The lowest BCUT2D eigenvalue weighted by Gasteiger charge is -2.32. The van der Waals surface area contributed by atoms with Crippen LogP contribution in [0.15, 0.2) is 11.3 Å². The second-order valence-corrected chi connectivity index (χ2v) is 4.19.